The van der Waals surface area contributed by atoms with E-state index >= 15 is 0 Å². The fourth-order valence-electron chi connectivity index (χ4n) is 5.74. The molecule has 0 aliphatic heterocycles. The smallest absolute Gasteiger partial charge is 0.248 e. The molecule has 6 heteroatoms. The van der Waals surface area contributed by atoms with Gasteiger partial charge in [-0.2, -0.15) is 0 Å². The van der Waals surface area contributed by atoms with Gasteiger partial charge in [0.25, 0.3) is 0 Å². The lowest BCUT2D eigenvalue weighted by Gasteiger charge is -2.22. The Morgan fingerprint density at radius 1 is 0.558 bits per heavy atom. The van der Waals surface area contributed by atoms with Crippen molar-refractivity contribution < 1.29 is 8.83 Å². The van der Waals surface area contributed by atoms with Crippen LogP contribution in [-0.2, 0) is 10.8 Å². The molecule has 0 saturated carbocycles. The Hall–Kier alpha value is -4.84. The van der Waals surface area contributed by atoms with E-state index in [9.17, 15) is 0 Å². The molecule has 0 saturated heterocycles. The summed E-state index contributed by atoms with van der Waals surface area (Å²) in [6.07, 6.45) is 2.11. The van der Waals surface area contributed by atoms with Gasteiger partial charge < -0.3 is 8.83 Å². The van der Waals surface area contributed by atoms with E-state index in [1.807, 2.05) is 24.3 Å². The zero-order chi connectivity index (χ0) is 29.9. The Bertz CT molecular complexity index is 1980. The molecule has 0 radical (unpaired) electrons. The van der Waals surface area contributed by atoms with Crippen molar-refractivity contribution >= 4 is 16.3 Å². The lowest BCUT2D eigenvalue weighted by Crippen LogP contribution is -2.10. The molecular weight excluding hydrogens is 532 g/mol. The number of hydrogen-bond donors (Lipinski definition) is 0. The first-order valence-corrected chi connectivity index (χ1v) is 14.7. The molecule has 2 aromatic heterocycles. The predicted molar refractivity (Wildman–Crippen MR) is 170 cm³/mol. The van der Waals surface area contributed by atoms with E-state index < -0.39 is 0 Å². The van der Waals surface area contributed by atoms with Crippen LogP contribution in [-0.4, -0.2) is 20.4 Å². The van der Waals surface area contributed by atoms with Crippen LogP contribution in [0.15, 0.2) is 99.8 Å². The minimum Gasteiger partial charge on any atom is -0.420 e. The summed E-state index contributed by atoms with van der Waals surface area (Å²) in [6.45, 7) is 13.2. The van der Waals surface area contributed by atoms with Crippen molar-refractivity contribution in [2.75, 3.05) is 0 Å². The molecule has 0 fully saturated rings. The van der Waals surface area contributed by atoms with Crippen molar-refractivity contribution in [2.45, 2.75) is 58.3 Å². The van der Waals surface area contributed by atoms with Crippen molar-refractivity contribution in [3.05, 3.63) is 125 Å². The maximum absolute atomic E-state index is 6.34. The standard InChI is InChI=1S/C37H34N4O2/c1-36(2,3)25-17-13-23(14-18-25)32-38-40-34(42-32)29-21-30(28-12-8-10-22-9-7-11-27(29)31(22)28)35-41-39-33(43-35)24-15-19-26(20-16-24)37(4,5)6/h7-21,29H,1-6H3. The minimum atomic E-state index is -0.273. The Balaban J connectivity index is 1.29. The molecule has 1 aliphatic carbocycles. The summed E-state index contributed by atoms with van der Waals surface area (Å²) >= 11 is 0. The Labute approximate surface area is 251 Å². The molecule has 0 bridgehead atoms. The van der Waals surface area contributed by atoms with E-state index in [1.165, 1.54) is 11.1 Å². The van der Waals surface area contributed by atoms with Gasteiger partial charge in [0, 0.05) is 16.7 Å². The van der Waals surface area contributed by atoms with Crippen molar-refractivity contribution in [1.82, 2.24) is 20.4 Å². The lowest BCUT2D eigenvalue weighted by atomic mass is 9.82. The quantitative estimate of drug-likeness (QED) is 0.212. The molecule has 43 heavy (non-hydrogen) atoms. The normalized spacial score (nSPS) is 15.1. The predicted octanol–water partition coefficient (Wildman–Crippen LogP) is 9.11. The third-order valence-corrected chi connectivity index (χ3v) is 8.25. The minimum absolute atomic E-state index is 0.0665. The van der Waals surface area contributed by atoms with Crippen LogP contribution in [0.3, 0.4) is 0 Å². The van der Waals surface area contributed by atoms with Crippen LogP contribution >= 0.6 is 0 Å². The van der Waals surface area contributed by atoms with Crippen molar-refractivity contribution in [3.8, 4) is 22.9 Å². The zero-order valence-electron chi connectivity index (χ0n) is 25.3. The number of aromatic nitrogens is 4. The fourth-order valence-corrected chi connectivity index (χ4v) is 5.74. The van der Waals surface area contributed by atoms with Gasteiger partial charge in [0.2, 0.25) is 23.6 Å². The maximum Gasteiger partial charge on any atom is 0.248 e. The van der Waals surface area contributed by atoms with E-state index in [-0.39, 0.29) is 16.7 Å². The molecule has 7 rings (SSSR count). The first kappa shape index (κ1) is 27.0. The number of allylic oxidation sites excluding steroid dienone is 1. The van der Waals surface area contributed by atoms with Crippen LogP contribution in [0, 0.1) is 0 Å². The molecule has 4 aromatic carbocycles. The first-order valence-electron chi connectivity index (χ1n) is 14.7. The van der Waals surface area contributed by atoms with Crippen LogP contribution < -0.4 is 0 Å². The summed E-state index contributed by atoms with van der Waals surface area (Å²) in [4.78, 5) is 0. The molecular formula is C37H34N4O2. The fraction of sp³-hybridized carbons (Fsp3) is 0.243. The van der Waals surface area contributed by atoms with Gasteiger partial charge >= 0.3 is 0 Å². The first-order chi connectivity index (χ1) is 20.6. The topological polar surface area (TPSA) is 77.8 Å². The second-order valence-corrected chi connectivity index (χ2v) is 13.3. The van der Waals surface area contributed by atoms with E-state index in [4.69, 9.17) is 8.83 Å². The van der Waals surface area contributed by atoms with Crippen molar-refractivity contribution in [2.24, 2.45) is 0 Å². The third-order valence-electron chi connectivity index (χ3n) is 8.25. The maximum atomic E-state index is 6.34. The van der Waals surface area contributed by atoms with Crippen molar-refractivity contribution in [3.63, 3.8) is 0 Å². The molecule has 0 N–H and O–H groups in total. The summed E-state index contributed by atoms with van der Waals surface area (Å²) in [5.41, 5.74) is 7.42. The average Bonchev–Trinajstić information content (AvgIpc) is 3.68. The second-order valence-electron chi connectivity index (χ2n) is 13.3. The van der Waals surface area contributed by atoms with Gasteiger partial charge in [0.15, 0.2) is 0 Å². The molecule has 1 atom stereocenters. The molecule has 6 nitrogen and oxygen atoms in total. The van der Waals surface area contributed by atoms with Gasteiger partial charge in [0.1, 0.15) is 0 Å². The number of rotatable bonds is 4. The largest absolute Gasteiger partial charge is 0.420 e. The average molecular weight is 567 g/mol. The highest BCUT2D eigenvalue weighted by atomic mass is 16.4. The van der Waals surface area contributed by atoms with Gasteiger partial charge in [-0.3, -0.25) is 0 Å². The summed E-state index contributed by atoms with van der Waals surface area (Å²) in [5.74, 6) is 1.68. The van der Waals surface area contributed by atoms with E-state index in [0.717, 1.165) is 38.6 Å². The highest BCUT2D eigenvalue weighted by Crippen LogP contribution is 2.44. The van der Waals surface area contributed by atoms with Gasteiger partial charge in [-0.15, -0.1) is 20.4 Å². The molecule has 214 valence electrons. The van der Waals surface area contributed by atoms with Gasteiger partial charge in [0.05, 0.1) is 5.92 Å². The van der Waals surface area contributed by atoms with Gasteiger partial charge in [-0.05, 0) is 68.1 Å². The van der Waals surface area contributed by atoms with Crippen molar-refractivity contribution in [1.29, 1.82) is 0 Å². The van der Waals surface area contributed by atoms with Crippen LogP contribution in [0.4, 0.5) is 0 Å². The number of hydrogen-bond acceptors (Lipinski definition) is 6. The highest BCUT2D eigenvalue weighted by Gasteiger charge is 2.30. The van der Waals surface area contributed by atoms with Crippen LogP contribution in [0.1, 0.15) is 81.5 Å². The highest BCUT2D eigenvalue weighted by molar-refractivity contribution is 6.01. The van der Waals surface area contributed by atoms with Crippen LogP contribution in [0.5, 0.6) is 0 Å². The molecule has 2 heterocycles. The summed E-state index contributed by atoms with van der Waals surface area (Å²) in [5, 5.41) is 20.2. The third kappa shape index (κ3) is 4.87. The van der Waals surface area contributed by atoms with E-state index in [0.29, 0.717) is 23.6 Å². The molecule has 0 spiro atoms. The molecule has 0 amide bonds. The number of nitrogens with zero attached hydrogens (tertiary/aromatic N) is 4. The van der Waals surface area contributed by atoms with Gasteiger partial charge in [-0.1, -0.05) is 108 Å². The summed E-state index contributed by atoms with van der Waals surface area (Å²) < 4.78 is 12.7. The second kappa shape index (κ2) is 9.87. The number of benzene rings is 4. The molecule has 1 unspecified atom stereocenters. The van der Waals surface area contributed by atoms with E-state index in [2.05, 4.69) is 129 Å². The summed E-state index contributed by atoms with van der Waals surface area (Å²) in [7, 11) is 0. The Kier molecular flexibility index (Phi) is 6.20. The summed E-state index contributed by atoms with van der Waals surface area (Å²) in [6, 6.07) is 29.3. The molecule has 6 aromatic rings. The molecule has 1 aliphatic rings. The van der Waals surface area contributed by atoms with Crippen LogP contribution in [0.2, 0.25) is 0 Å². The van der Waals surface area contributed by atoms with Gasteiger partial charge in [-0.25, -0.2) is 0 Å². The van der Waals surface area contributed by atoms with Crippen LogP contribution in [0.25, 0.3) is 39.3 Å². The Morgan fingerprint density at radius 3 is 1.70 bits per heavy atom. The van der Waals surface area contributed by atoms with E-state index in [1.54, 1.807) is 0 Å². The monoisotopic (exact) mass is 566 g/mol. The lowest BCUT2D eigenvalue weighted by molar-refractivity contribution is 0.502. The Morgan fingerprint density at radius 2 is 1.09 bits per heavy atom. The zero-order valence-corrected chi connectivity index (χ0v) is 25.3. The SMILES string of the molecule is CC(C)(C)c1ccc(-c2nnc(C3=CC(c4nnc(-c5ccc(C(C)(C)C)cc5)o4)c4cccc5cccc3c45)o2)cc1.